The molecule has 0 radical (unpaired) electrons. The van der Waals surface area contributed by atoms with Crippen molar-refractivity contribution in [1.29, 1.82) is 0 Å². The summed E-state index contributed by atoms with van der Waals surface area (Å²) in [6.45, 7) is 5.49. The number of rotatable bonds is 6. The average molecular weight is 503 g/mol. The van der Waals surface area contributed by atoms with Crippen molar-refractivity contribution in [2.45, 2.75) is 13.5 Å². The third kappa shape index (κ3) is 4.83. The summed E-state index contributed by atoms with van der Waals surface area (Å²) in [6, 6.07) is 30.9. The number of benzene rings is 3. The van der Waals surface area contributed by atoms with E-state index in [4.69, 9.17) is 4.98 Å². The van der Waals surface area contributed by atoms with Gasteiger partial charge < -0.3 is 15.1 Å². The third-order valence-corrected chi connectivity index (χ3v) is 7.06. The molecule has 1 aliphatic heterocycles. The van der Waals surface area contributed by atoms with Crippen molar-refractivity contribution in [2.24, 2.45) is 0 Å². The molecule has 0 bridgehead atoms. The number of anilines is 2. The molecule has 0 spiro atoms. The van der Waals surface area contributed by atoms with Crippen LogP contribution < -0.4 is 10.2 Å². The molecule has 3 aromatic carbocycles. The summed E-state index contributed by atoms with van der Waals surface area (Å²) in [5.41, 5.74) is 6.52. The molecule has 7 nitrogen and oxygen atoms in total. The van der Waals surface area contributed by atoms with Crippen LogP contribution in [0.4, 0.5) is 11.5 Å². The van der Waals surface area contributed by atoms with Crippen LogP contribution in [0.2, 0.25) is 0 Å². The Morgan fingerprint density at radius 3 is 2.24 bits per heavy atom. The number of carbonyl (C=O) groups excluding carboxylic acids is 1. The molecule has 1 saturated heterocycles. The SMILES string of the molecule is Cc1ccc(N2CCN(C(=O)c3nc(NCc4ccccc4)c4c(-c5ccccc5)ccn4n3)CC2)cc1. The predicted molar refractivity (Wildman–Crippen MR) is 151 cm³/mol. The van der Waals surface area contributed by atoms with Crippen molar-refractivity contribution >= 4 is 22.9 Å². The zero-order valence-electron chi connectivity index (χ0n) is 21.4. The van der Waals surface area contributed by atoms with Crippen molar-refractivity contribution in [3.8, 4) is 11.1 Å². The van der Waals surface area contributed by atoms with E-state index < -0.39 is 0 Å². The van der Waals surface area contributed by atoms with Crippen LogP contribution in [0.1, 0.15) is 21.7 Å². The van der Waals surface area contributed by atoms with Gasteiger partial charge in [-0.3, -0.25) is 4.79 Å². The molecule has 190 valence electrons. The first-order valence-corrected chi connectivity index (χ1v) is 13.0. The molecule has 1 aliphatic rings. The third-order valence-electron chi connectivity index (χ3n) is 7.06. The second kappa shape index (κ2) is 10.4. The number of carbonyl (C=O) groups is 1. The number of fused-ring (bicyclic) bond motifs is 1. The number of piperazine rings is 1. The van der Waals surface area contributed by atoms with Gasteiger partial charge in [-0.2, -0.15) is 0 Å². The summed E-state index contributed by atoms with van der Waals surface area (Å²) in [6.07, 6.45) is 1.90. The number of aryl methyl sites for hydroxylation is 1. The maximum Gasteiger partial charge on any atom is 0.293 e. The lowest BCUT2D eigenvalue weighted by molar-refractivity contribution is 0.0732. The van der Waals surface area contributed by atoms with Gasteiger partial charge in [-0.05, 0) is 36.2 Å². The Kier molecular flexibility index (Phi) is 6.48. The highest BCUT2D eigenvalue weighted by Gasteiger charge is 2.26. The molecular formula is C31H30N6O. The molecular weight excluding hydrogens is 472 g/mol. The van der Waals surface area contributed by atoms with Gasteiger partial charge in [0.25, 0.3) is 5.91 Å². The van der Waals surface area contributed by atoms with Crippen LogP contribution in [0, 0.1) is 6.92 Å². The second-order valence-corrected chi connectivity index (χ2v) is 9.63. The molecule has 6 rings (SSSR count). The molecule has 7 heteroatoms. The highest BCUT2D eigenvalue weighted by atomic mass is 16.2. The summed E-state index contributed by atoms with van der Waals surface area (Å²) >= 11 is 0. The van der Waals surface area contributed by atoms with Gasteiger partial charge in [-0.15, -0.1) is 5.10 Å². The quantitative estimate of drug-likeness (QED) is 0.342. The fourth-order valence-electron chi connectivity index (χ4n) is 4.94. The van der Waals surface area contributed by atoms with Gasteiger partial charge >= 0.3 is 0 Å². The van der Waals surface area contributed by atoms with Gasteiger partial charge in [0.05, 0.1) is 0 Å². The zero-order chi connectivity index (χ0) is 25.9. The van der Waals surface area contributed by atoms with E-state index >= 15 is 0 Å². The molecule has 1 amide bonds. The largest absolute Gasteiger partial charge is 0.368 e. The van der Waals surface area contributed by atoms with Gasteiger partial charge in [0.15, 0.2) is 5.82 Å². The Bertz CT molecular complexity index is 1540. The standard InChI is InChI=1S/C31H30N6O/c1-23-12-14-26(15-13-23)35-18-20-36(21-19-35)31(38)30-33-29(32-22-24-8-4-2-5-9-24)28-27(16-17-37(28)34-30)25-10-6-3-7-11-25/h2-17H,18-22H2,1H3,(H,32,33,34). The molecule has 2 aromatic heterocycles. The maximum atomic E-state index is 13.6. The lowest BCUT2D eigenvalue weighted by Crippen LogP contribution is -2.49. The Morgan fingerprint density at radius 2 is 1.53 bits per heavy atom. The molecule has 0 atom stereocenters. The molecule has 3 heterocycles. The minimum atomic E-state index is -0.145. The van der Waals surface area contributed by atoms with E-state index in [0.29, 0.717) is 25.5 Å². The number of nitrogens with zero attached hydrogens (tertiary/aromatic N) is 5. The zero-order valence-corrected chi connectivity index (χ0v) is 21.4. The molecule has 38 heavy (non-hydrogen) atoms. The summed E-state index contributed by atoms with van der Waals surface area (Å²) in [4.78, 5) is 22.5. The van der Waals surface area contributed by atoms with Crippen molar-refractivity contribution in [1.82, 2.24) is 19.5 Å². The van der Waals surface area contributed by atoms with Gasteiger partial charge in [0, 0.05) is 50.2 Å². The van der Waals surface area contributed by atoms with Gasteiger partial charge in [0.1, 0.15) is 5.52 Å². The number of nitrogens with one attached hydrogen (secondary N) is 1. The Balaban J connectivity index is 1.28. The smallest absolute Gasteiger partial charge is 0.293 e. The fraction of sp³-hybridized carbons (Fsp3) is 0.194. The van der Waals surface area contributed by atoms with Crippen LogP contribution in [-0.2, 0) is 6.54 Å². The van der Waals surface area contributed by atoms with E-state index in [-0.39, 0.29) is 11.7 Å². The second-order valence-electron chi connectivity index (χ2n) is 9.63. The van der Waals surface area contributed by atoms with Crippen LogP contribution in [0.5, 0.6) is 0 Å². The highest BCUT2D eigenvalue weighted by molar-refractivity contribution is 5.94. The lowest BCUT2D eigenvalue weighted by Gasteiger charge is -2.35. The normalized spacial score (nSPS) is 13.6. The minimum Gasteiger partial charge on any atom is -0.368 e. The van der Waals surface area contributed by atoms with E-state index in [1.54, 1.807) is 4.52 Å². The van der Waals surface area contributed by atoms with Crippen molar-refractivity contribution in [3.05, 3.63) is 114 Å². The van der Waals surface area contributed by atoms with E-state index in [9.17, 15) is 4.79 Å². The lowest BCUT2D eigenvalue weighted by atomic mass is 10.1. The number of hydrogen-bond donors (Lipinski definition) is 1. The van der Waals surface area contributed by atoms with Crippen LogP contribution in [0.15, 0.2) is 97.2 Å². The number of hydrogen-bond acceptors (Lipinski definition) is 5. The van der Waals surface area contributed by atoms with Gasteiger partial charge in [0.2, 0.25) is 5.82 Å². The Labute approximate surface area is 222 Å². The number of amides is 1. The first kappa shape index (κ1) is 23.7. The first-order valence-electron chi connectivity index (χ1n) is 13.0. The monoisotopic (exact) mass is 502 g/mol. The van der Waals surface area contributed by atoms with Crippen LogP contribution >= 0.6 is 0 Å². The van der Waals surface area contributed by atoms with Gasteiger partial charge in [-0.25, -0.2) is 9.50 Å². The van der Waals surface area contributed by atoms with Crippen molar-refractivity contribution < 1.29 is 4.79 Å². The first-order chi connectivity index (χ1) is 18.7. The summed E-state index contributed by atoms with van der Waals surface area (Å²) in [7, 11) is 0. The molecule has 0 aliphatic carbocycles. The van der Waals surface area contributed by atoms with E-state index in [2.05, 4.69) is 70.8 Å². The summed E-state index contributed by atoms with van der Waals surface area (Å²) in [5, 5.41) is 8.14. The fourth-order valence-corrected chi connectivity index (χ4v) is 4.94. The summed E-state index contributed by atoms with van der Waals surface area (Å²) in [5.74, 6) is 0.703. The average Bonchev–Trinajstić information content (AvgIpc) is 3.41. The van der Waals surface area contributed by atoms with Crippen molar-refractivity contribution in [2.75, 3.05) is 36.4 Å². The summed E-state index contributed by atoms with van der Waals surface area (Å²) < 4.78 is 1.78. The van der Waals surface area contributed by atoms with Crippen LogP contribution in [-0.4, -0.2) is 51.6 Å². The van der Waals surface area contributed by atoms with E-state index in [1.165, 1.54) is 11.3 Å². The van der Waals surface area contributed by atoms with Crippen LogP contribution in [0.3, 0.4) is 0 Å². The van der Waals surface area contributed by atoms with Crippen molar-refractivity contribution in [3.63, 3.8) is 0 Å². The maximum absolute atomic E-state index is 13.6. The molecule has 1 fully saturated rings. The Hall–Kier alpha value is -4.65. The highest BCUT2D eigenvalue weighted by Crippen LogP contribution is 2.30. The minimum absolute atomic E-state index is 0.145. The molecule has 5 aromatic rings. The Morgan fingerprint density at radius 1 is 0.842 bits per heavy atom. The predicted octanol–water partition coefficient (Wildman–Crippen LogP) is 5.28. The topological polar surface area (TPSA) is 65.8 Å². The molecule has 0 saturated carbocycles. The van der Waals surface area contributed by atoms with E-state index in [0.717, 1.165) is 35.3 Å². The number of aromatic nitrogens is 3. The van der Waals surface area contributed by atoms with E-state index in [1.807, 2.05) is 53.6 Å². The van der Waals surface area contributed by atoms with Gasteiger partial charge in [-0.1, -0.05) is 78.4 Å². The van der Waals surface area contributed by atoms with Crippen LogP contribution in [0.25, 0.3) is 16.6 Å². The molecule has 1 N–H and O–H groups in total. The molecule has 0 unspecified atom stereocenters.